The molecular weight excluding hydrogens is 176 g/mol. The summed E-state index contributed by atoms with van der Waals surface area (Å²) in [5.74, 6) is 0. The van der Waals surface area contributed by atoms with Crippen molar-refractivity contribution in [1.29, 1.82) is 0 Å². The summed E-state index contributed by atoms with van der Waals surface area (Å²) in [5.41, 5.74) is 0. The fraction of sp³-hybridized carbons (Fsp3) is 1.00. The minimum atomic E-state index is 0.738. The van der Waals surface area contributed by atoms with E-state index in [-0.39, 0.29) is 0 Å². The van der Waals surface area contributed by atoms with Crippen LogP contribution in [0.15, 0.2) is 0 Å². The standard InChI is InChI=1S/C11H24N2O/c1-3-12-11-6-8-13(10-11)7-4-5-9-14-2/h11-12H,3-10H2,1-2H3. The highest BCUT2D eigenvalue weighted by atomic mass is 16.5. The molecule has 1 unspecified atom stereocenters. The number of hydrogen-bond donors (Lipinski definition) is 1. The Hall–Kier alpha value is -0.120. The largest absolute Gasteiger partial charge is 0.385 e. The molecular formula is C11H24N2O. The highest BCUT2D eigenvalue weighted by Gasteiger charge is 2.20. The second-order valence-electron chi connectivity index (χ2n) is 4.04. The average molecular weight is 200 g/mol. The summed E-state index contributed by atoms with van der Waals surface area (Å²) in [5, 5.41) is 3.51. The number of likely N-dealkylation sites (tertiary alicyclic amines) is 1. The number of methoxy groups -OCH3 is 1. The molecule has 84 valence electrons. The summed E-state index contributed by atoms with van der Waals surface area (Å²) in [6, 6.07) is 0.738. The Balaban J connectivity index is 1.98. The highest BCUT2D eigenvalue weighted by Crippen LogP contribution is 2.09. The van der Waals surface area contributed by atoms with E-state index >= 15 is 0 Å². The van der Waals surface area contributed by atoms with Gasteiger partial charge in [0.15, 0.2) is 0 Å². The Morgan fingerprint density at radius 2 is 2.29 bits per heavy atom. The molecule has 0 saturated carbocycles. The first-order valence-corrected chi connectivity index (χ1v) is 5.81. The zero-order valence-corrected chi connectivity index (χ0v) is 9.59. The van der Waals surface area contributed by atoms with Gasteiger partial charge in [0.2, 0.25) is 0 Å². The molecule has 3 nitrogen and oxygen atoms in total. The summed E-state index contributed by atoms with van der Waals surface area (Å²) in [7, 11) is 1.77. The van der Waals surface area contributed by atoms with E-state index in [1.165, 1.54) is 38.9 Å². The molecule has 0 aromatic heterocycles. The molecule has 0 aromatic carbocycles. The summed E-state index contributed by atoms with van der Waals surface area (Å²) < 4.78 is 5.04. The first-order valence-electron chi connectivity index (χ1n) is 5.81. The first-order chi connectivity index (χ1) is 6.86. The van der Waals surface area contributed by atoms with Crippen LogP contribution in [0, 0.1) is 0 Å². The van der Waals surface area contributed by atoms with Crippen molar-refractivity contribution in [3.8, 4) is 0 Å². The van der Waals surface area contributed by atoms with Crippen LogP contribution in [0.5, 0.6) is 0 Å². The van der Waals surface area contributed by atoms with Crippen molar-refractivity contribution in [2.75, 3.05) is 39.9 Å². The van der Waals surface area contributed by atoms with Gasteiger partial charge in [-0.2, -0.15) is 0 Å². The second kappa shape index (κ2) is 7.21. The van der Waals surface area contributed by atoms with Gasteiger partial charge in [0.1, 0.15) is 0 Å². The van der Waals surface area contributed by atoms with Gasteiger partial charge in [0.05, 0.1) is 0 Å². The summed E-state index contributed by atoms with van der Waals surface area (Å²) >= 11 is 0. The molecule has 1 atom stereocenters. The van der Waals surface area contributed by atoms with Gasteiger partial charge in [0, 0.05) is 26.3 Å². The van der Waals surface area contributed by atoms with Gasteiger partial charge in [-0.3, -0.25) is 0 Å². The maximum atomic E-state index is 5.04. The fourth-order valence-electron chi connectivity index (χ4n) is 2.07. The molecule has 0 amide bonds. The zero-order chi connectivity index (χ0) is 10.2. The second-order valence-corrected chi connectivity index (χ2v) is 4.04. The van der Waals surface area contributed by atoms with E-state index in [0.717, 1.165) is 19.2 Å². The third-order valence-electron chi connectivity index (χ3n) is 2.84. The Morgan fingerprint density at radius 1 is 1.43 bits per heavy atom. The van der Waals surface area contributed by atoms with Gasteiger partial charge >= 0.3 is 0 Å². The number of likely N-dealkylation sites (N-methyl/N-ethyl adjacent to an activating group) is 1. The van der Waals surface area contributed by atoms with E-state index in [2.05, 4.69) is 17.1 Å². The van der Waals surface area contributed by atoms with Crippen molar-refractivity contribution in [2.24, 2.45) is 0 Å². The molecule has 0 spiro atoms. The van der Waals surface area contributed by atoms with E-state index in [1.54, 1.807) is 7.11 Å². The highest BCUT2D eigenvalue weighted by molar-refractivity contribution is 4.80. The molecule has 14 heavy (non-hydrogen) atoms. The normalized spacial score (nSPS) is 23.1. The topological polar surface area (TPSA) is 24.5 Å². The average Bonchev–Trinajstić information content (AvgIpc) is 2.61. The lowest BCUT2D eigenvalue weighted by molar-refractivity contribution is 0.187. The lowest BCUT2D eigenvalue weighted by Crippen LogP contribution is -2.32. The SMILES string of the molecule is CCNC1CCN(CCCCOC)C1. The molecule has 0 aliphatic carbocycles. The molecule has 1 fully saturated rings. The molecule has 0 bridgehead atoms. The van der Waals surface area contributed by atoms with Gasteiger partial charge in [-0.05, 0) is 38.9 Å². The predicted molar refractivity (Wildman–Crippen MR) is 59.6 cm³/mol. The Kier molecular flexibility index (Phi) is 6.15. The molecule has 1 heterocycles. The van der Waals surface area contributed by atoms with Gasteiger partial charge in [-0.1, -0.05) is 6.92 Å². The molecule has 1 saturated heterocycles. The van der Waals surface area contributed by atoms with Gasteiger partial charge in [-0.25, -0.2) is 0 Å². The van der Waals surface area contributed by atoms with E-state index in [9.17, 15) is 0 Å². The van der Waals surface area contributed by atoms with Crippen LogP contribution in [0.2, 0.25) is 0 Å². The van der Waals surface area contributed by atoms with Crippen LogP contribution in [0.25, 0.3) is 0 Å². The monoisotopic (exact) mass is 200 g/mol. The number of ether oxygens (including phenoxy) is 1. The van der Waals surface area contributed by atoms with Crippen molar-refractivity contribution < 1.29 is 4.74 Å². The van der Waals surface area contributed by atoms with E-state index < -0.39 is 0 Å². The Bertz CT molecular complexity index is 141. The van der Waals surface area contributed by atoms with Crippen LogP contribution in [0.1, 0.15) is 26.2 Å². The fourth-order valence-corrected chi connectivity index (χ4v) is 2.07. The zero-order valence-electron chi connectivity index (χ0n) is 9.59. The summed E-state index contributed by atoms with van der Waals surface area (Å²) in [6.45, 7) is 7.94. The molecule has 1 rings (SSSR count). The molecule has 3 heteroatoms. The molecule has 1 aliphatic rings. The van der Waals surface area contributed by atoms with Crippen LogP contribution in [-0.2, 0) is 4.74 Å². The van der Waals surface area contributed by atoms with Gasteiger partial charge in [-0.15, -0.1) is 0 Å². The molecule has 0 aromatic rings. The van der Waals surface area contributed by atoms with E-state index in [1.807, 2.05) is 0 Å². The maximum Gasteiger partial charge on any atom is 0.0462 e. The van der Waals surface area contributed by atoms with Crippen molar-refractivity contribution in [1.82, 2.24) is 10.2 Å². The summed E-state index contributed by atoms with van der Waals surface area (Å²) in [6.07, 6.45) is 3.78. The quantitative estimate of drug-likeness (QED) is 0.623. The van der Waals surface area contributed by atoms with Crippen LogP contribution in [-0.4, -0.2) is 50.8 Å². The predicted octanol–water partition coefficient (Wildman–Crippen LogP) is 1.10. The van der Waals surface area contributed by atoms with E-state index in [0.29, 0.717) is 0 Å². The minimum Gasteiger partial charge on any atom is -0.385 e. The molecule has 1 aliphatic heterocycles. The number of rotatable bonds is 7. The first kappa shape index (κ1) is 12.0. The number of nitrogens with one attached hydrogen (secondary N) is 1. The molecule has 1 N–H and O–H groups in total. The Morgan fingerprint density at radius 3 is 3.00 bits per heavy atom. The Labute approximate surface area is 87.8 Å². The smallest absolute Gasteiger partial charge is 0.0462 e. The van der Waals surface area contributed by atoms with E-state index in [4.69, 9.17) is 4.74 Å². The van der Waals surface area contributed by atoms with Crippen molar-refractivity contribution >= 4 is 0 Å². The van der Waals surface area contributed by atoms with Crippen LogP contribution in [0.4, 0.5) is 0 Å². The van der Waals surface area contributed by atoms with Crippen molar-refractivity contribution in [3.63, 3.8) is 0 Å². The number of nitrogens with zero attached hydrogens (tertiary/aromatic N) is 1. The van der Waals surface area contributed by atoms with Crippen LogP contribution >= 0.6 is 0 Å². The third-order valence-corrected chi connectivity index (χ3v) is 2.84. The third kappa shape index (κ3) is 4.40. The van der Waals surface area contributed by atoms with Crippen LogP contribution in [0.3, 0.4) is 0 Å². The minimum absolute atomic E-state index is 0.738. The van der Waals surface area contributed by atoms with Crippen LogP contribution < -0.4 is 5.32 Å². The van der Waals surface area contributed by atoms with Crippen molar-refractivity contribution in [2.45, 2.75) is 32.2 Å². The number of unbranched alkanes of at least 4 members (excludes halogenated alkanes) is 1. The summed E-state index contributed by atoms with van der Waals surface area (Å²) in [4.78, 5) is 2.56. The lowest BCUT2D eigenvalue weighted by atomic mass is 10.3. The molecule has 0 radical (unpaired) electrons. The van der Waals surface area contributed by atoms with Gasteiger partial charge < -0.3 is 15.0 Å². The number of hydrogen-bond acceptors (Lipinski definition) is 3. The van der Waals surface area contributed by atoms with Crippen molar-refractivity contribution in [3.05, 3.63) is 0 Å². The van der Waals surface area contributed by atoms with Gasteiger partial charge in [0.25, 0.3) is 0 Å². The maximum absolute atomic E-state index is 5.04. The lowest BCUT2D eigenvalue weighted by Gasteiger charge is -2.15.